The van der Waals surface area contributed by atoms with E-state index in [1.807, 2.05) is 19.2 Å². The fraction of sp³-hybridized carbons (Fsp3) is 0.269. The number of aliphatic hydroxyl groups excluding tert-OH is 1. The van der Waals surface area contributed by atoms with E-state index in [0.717, 1.165) is 5.69 Å². The Morgan fingerprint density at radius 3 is 2.38 bits per heavy atom. The predicted octanol–water partition coefficient (Wildman–Crippen LogP) is 5.23. The van der Waals surface area contributed by atoms with Gasteiger partial charge in [-0.25, -0.2) is 4.39 Å². The van der Waals surface area contributed by atoms with Gasteiger partial charge in [0.1, 0.15) is 11.4 Å². The number of anilines is 1. The number of para-hydroxylation sites is 1. The third-order valence-corrected chi connectivity index (χ3v) is 5.73. The number of aryl methyl sites for hydroxylation is 1. The van der Waals surface area contributed by atoms with Crippen LogP contribution in [0.3, 0.4) is 0 Å². The molecule has 0 saturated heterocycles. The Morgan fingerprint density at radius 2 is 1.75 bits per heavy atom. The van der Waals surface area contributed by atoms with E-state index >= 15 is 0 Å². The van der Waals surface area contributed by atoms with Crippen LogP contribution in [0.15, 0.2) is 66.7 Å². The summed E-state index contributed by atoms with van der Waals surface area (Å²) in [6, 6.07) is 20.9. The maximum atomic E-state index is 13.5. The van der Waals surface area contributed by atoms with Gasteiger partial charge in [0.25, 0.3) is 0 Å². The van der Waals surface area contributed by atoms with Crippen LogP contribution in [0, 0.1) is 24.1 Å². The molecule has 1 atom stereocenters. The van der Waals surface area contributed by atoms with Crippen molar-refractivity contribution in [2.24, 2.45) is 0 Å². The van der Waals surface area contributed by atoms with Crippen molar-refractivity contribution in [1.82, 2.24) is 0 Å². The molecule has 3 aromatic carbocycles. The van der Waals surface area contributed by atoms with Crippen molar-refractivity contribution in [1.29, 1.82) is 5.26 Å². The van der Waals surface area contributed by atoms with E-state index in [4.69, 9.17) is 0 Å². The molecule has 0 spiro atoms. The van der Waals surface area contributed by atoms with E-state index < -0.39 is 5.60 Å². The van der Waals surface area contributed by atoms with Crippen LogP contribution in [0.2, 0.25) is 0 Å². The number of aliphatic hydroxyl groups is 2. The summed E-state index contributed by atoms with van der Waals surface area (Å²) in [5.41, 5.74) is 2.85. The van der Waals surface area contributed by atoms with Crippen LogP contribution >= 0.6 is 17.0 Å². The second-order valence-corrected chi connectivity index (χ2v) is 7.82. The second kappa shape index (κ2) is 11.2. The van der Waals surface area contributed by atoms with Gasteiger partial charge in [-0.2, -0.15) is 5.26 Å². The molecule has 4 nitrogen and oxygen atoms in total. The van der Waals surface area contributed by atoms with E-state index in [2.05, 4.69) is 30.0 Å². The Hall–Kier alpha value is -2.72. The number of halogens is 2. The highest BCUT2D eigenvalue weighted by atomic mass is 79.9. The van der Waals surface area contributed by atoms with Crippen molar-refractivity contribution in [3.8, 4) is 6.07 Å². The first-order valence-electron chi connectivity index (χ1n) is 10.3. The van der Waals surface area contributed by atoms with Gasteiger partial charge in [0.15, 0.2) is 0 Å². The van der Waals surface area contributed by atoms with Crippen LogP contribution in [0.4, 0.5) is 10.1 Å². The van der Waals surface area contributed by atoms with Crippen LogP contribution in [0.5, 0.6) is 0 Å². The minimum Gasteiger partial charge on any atom is -0.392 e. The number of benzene rings is 3. The zero-order chi connectivity index (χ0) is 22.4. The topological polar surface area (TPSA) is 67.5 Å². The van der Waals surface area contributed by atoms with E-state index in [1.165, 1.54) is 17.7 Å². The Labute approximate surface area is 199 Å². The molecule has 32 heavy (non-hydrogen) atoms. The van der Waals surface area contributed by atoms with E-state index in [9.17, 15) is 19.9 Å². The Balaban J connectivity index is 0.00000363. The van der Waals surface area contributed by atoms with Crippen LogP contribution < -0.4 is 4.90 Å². The maximum Gasteiger partial charge on any atom is 0.123 e. The van der Waals surface area contributed by atoms with Crippen LogP contribution in [0.1, 0.15) is 40.7 Å². The van der Waals surface area contributed by atoms with Gasteiger partial charge >= 0.3 is 0 Å². The summed E-state index contributed by atoms with van der Waals surface area (Å²) in [7, 11) is 2.01. The van der Waals surface area contributed by atoms with Crippen molar-refractivity contribution in [3.63, 3.8) is 0 Å². The summed E-state index contributed by atoms with van der Waals surface area (Å²) < 4.78 is 13.5. The van der Waals surface area contributed by atoms with E-state index in [0.29, 0.717) is 41.6 Å². The quantitative estimate of drug-likeness (QED) is 0.446. The molecule has 0 aromatic heterocycles. The van der Waals surface area contributed by atoms with Crippen molar-refractivity contribution in [2.75, 3.05) is 18.5 Å². The molecular weight excluding hydrogens is 471 g/mol. The van der Waals surface area contributed by atoms with Gasteiger partial charge in [-0.1, -0.05) is 36.4 Å². The fourth-order valence-electron chi connectivity index (χ4n) is 4.04. The summed E-state index contributed by atoms with van der Waals surface area (Å²) in [4.78, 5) is 2.14. The lowest BCUT2D eigenvalue weighted by molar-refractivity contribution is 0.0668. The summed E-state index contributed by atoms with van der Waals surface area (Å²) in [6.45, 7) is 2.46. The minimum absolute atomic E-state index is 0. The summed E-state index contributed by atoms with van der Waals surface area (Å²) in [5, 5.41) is 30.9. The molecule has 3 aromatic rings. The largest absolute Gasteiger partial charge is 0.392 e. The van der Waals surface area contributed by atoms with Gasteiger partial charge in [0, 0.05) is 19.3 Å². The molecule has 3 rings (SSSR count). The molecule has 1 unspecified atom stereocenters. The lowest BCUT2D eigenvalue weighted by atomic mass is 9.80. The molecule has 0 aliphatic carbocycles. The summed E-state index contributed by atoms with van der Waals surface area (Å²) in [6.07, 6.45) is 1.03. The average molecular weight is 499 g/mol. The first kappa shape index (κ1) is 25.5. The standard InChI is InChI=1S/C26H27FN2O2.BrH/c1-19-6-3-4-7-25(19)29(2)15-5-14-26(31,22-9-11-23(27)12-10-22)24-13-8-20(17-28)16-21(24)18-30;/h3-4,6-13,16,30-31H,5,14-15,18H2,1-2H3;1H. The first-order valence-corrected chi connectivity index (χ1v) is 10.3. The molecule has 0 saturated carbocycles. The van der Waals surface area contributed by atoms with Crippen molar-refractivity contribution < 1.29 is 14.6 Å². The van der Waals surface area contributed by atoms with Crippen molar-refractivity contribution >= 4 is 22.7 Å². The molecule has 0 amide bonds. The molecule has 0 fully saturated rings. The molecule has 0 aliphatic rings. The highest BCUT2D eigenvalue weighted by Gasteiger charge is 2.33. The normalized spacial score (nSPS) is 12.4. The molecular formula is C26H28BrFN2O2. The van der Waals surface area contributed by atoms with Gasteiger partial charge in [-0.15, -0.1) is 17.0 Å². The van der Waals surface area contributed by atoms with Gasteiger partial charge in [-0.05, 0) is 72.4 Å². The average Bonchev–Trinajstić information content (AvgIpc) is 2.79. The molecule has 0 radical (unpaired) electrons. The number of nitriles is 1. The smallest absolute Gasteiger partial charge is 0.123 e. The third-order valence-electron chi connectivity index (χ3n) is 5.73. The van der Waals surface area contributed by atoms with Crippen molar-refractivity contribution in [2.45, 2.75) is 32.0 Å². The van der Waals surface area contributed by atoms with Crippen LogP contribution in [0.25, 0.3) is 0 Å². The number of nitrogens with zero attached hydrogens (tertiary/aromatic N) is 2. The Bertz CT molecular complexity index is 1080. The minimum atomic E-state index is -1.42. The monoisotopic (exact) mass is 498 g/mol. The molecule has 2 N–H and O–H groups in total. The number of hydrogen-bond acceptors (Lipinski definition) is 4. The molecule has 0 heterocycles. The lowest BCUT2D eigenvalue weighted by Crippen LogP contribution is -2.31. The van der Waals surface area contributed by atoms with Gasteiger partial charge in [-0.3, -0.25) is 0 Å². The van der Waals surface area contributed by atoms with Crippen molar-refractivity contribution in [3.05, 3.63) is 100 Å². The Morgan fingerprint density at radius 1 is 1.06 bits per heavy atom. The first-order chi connectivity index (χ1) is 14.9. The number of hydrogen-bond donors (Lipinski definition) is 2. The Kier molecular flexibility index (Phi) is 8.97. The van der Waals surface area contributed by atoms with Gasteiger partial charge in [0.05, 0.1) is 18.2 Å². The summed E-state index contributed by atoms with van der Waals surface area (Å²) in [5.74, 6) is -0.382. The predicted molar refractivity (Wildman–Crippen MR) is 130 cm³/mol. The van der Waals surface area contributed by atoms with Crippen LogP contribution in [-0.4, -0.2) is 23.8 Å². The zero-order valence-corrected chi connectivity index (χ0v) is 20.0. The molecule has 0 aliphatic heterocycles. The highest BCUT2D eigenvalue weighted by molar-refractivity contribution is 8.93. The summed E-state index contributed by atoms with van der Waals surface area (Å²) >= 11 is 0. The van der Waals surface area contributed by atoms with Gasteiger partial charge in [0.2, 0.25) is 0 Å². The molecule has 6 heteroatoms. The fourth-order valence-corrected chi connectivity index (χ4v) is 4.04. The van der Waals surface area contributed by atoms with E-state index in [-0.39, 0.29) is 29.4 Å². The molecule has 0 bridgehead atoms. The van der Waals surface area contributed by atoms with Gasteiger partial charge < -0.3 is 15.1 Å². The second-order valence-electron chi connectivity index (χ2n) is 7.82. The third kappa shape index (κ3) is 5.55. The molecule has 168 valence electrons. The lowest BCUT2D eigenvalue weighted by Gasteiger charge is -2.32. The zero-order valence-electron chi connectivity index (χ0n) is 18.3. The highest BCUT2D eigenvalue weighted by Crippen LogP contribution is 2.37. The van der Waals surface area contributed by atoms with E-state index in [1.54, 1.807) is 30.3 Å². The SMILES string of the molecule is Br.Cc1ccccc1N(C)CCCC(O)(c1ccc(F)cc1)c1ccc(C#N)cc1CO. The van der Waals surface area contributed by atoms with Crippen LogP contribution in [-0.2, 0) is 12.2 Å². The maximum absolute atomic E-state index is 13.5. The number of rotatable bonds is 8.